The van der Waals surface area contributed by atoms with Crippen LogP contribution in [0.2, 0.25) is 0 Å². The normalized spacial score (nSPS) is 23.5. The summed E-state index contributed by atoms with van der Waals surface area (Å²) in [5, 5.41) is 3.42. The predicted octanol–water partition coefficient (Wildman–Crippen LogP) is 0.741. The van der Waals surface area contributed by atoms with Crippen molar-refractivity contribution < 1.29 is 8.42 Å². The monoisotopic (exact) mass is 262 g/mol. The van der Waals surface area contributed by atoms with Crippen molar-refractivity contribution in [3.05, 3.63) is 0 Å². The first kappa shape index (κ1) is 14.9. The molecule has 5 heteroatoms. The van der Waals surface area contributed by atoms with E-state index >= 15 is 0 Å². The molecule has 0 saturated carbocycles. The fourth-order valence-electron chi connectivity index (χ4n) is 2.11. The van der Waals surface area contributed by atoms with Crippen LogP contribution in [0.5, 0.6) is 0 Å². The second-order valence-corrected chi connectivity index (χ2v) is 7.78. The first-order chi connectivity index (χ1) is 7.89. The highest BCUT2D eigenvalue weighted by Gasteiger charge is 2.20. The van der Waals surface area contributed by atoms with Crippen LogP contribution in [0.25, 0.3) is 0 Å². The van der Waals surface area contributed by atoms with Crippen LogP contribution >= 0.6 is 0 Å². The third kappa shape index (κ3) is 6.38. The smallest absolute Gasteiger partial charge is 0.151 e. The van der Waals surface area contributed by atoms with Gasteiger partial charge in [-0.1, -0.05) is 20.8 Å². The van der Waals surface area contributed by atoms with Gasteiger partial charge in [0.05, 0.1) is 11.5 Å². The van der Waals surface area contributed by atoms with Crippen molar-refractivity contribution in [2.75, 3.05) is 37.7 Å². The molecule has 0 aromatic rings. The number of hydrogen-bond donors (Lipinski definition) is 1. The van der Waals surface area contributed by atoms with E-state index in [1.165, 1.54) is 0 Å². The first-order valence-electron chi connectivity index (χ1n) is 6.55. The lowest BCUT2D eigenvalue weighted by Crippen LogP contribution is -2.36. The molecule has 102 valence electrons. The molecule has 0 spiro atoms. The summed E-state index contributed by atoms with van der Waals surface area (Å²) in [6.07, 6.45) is 0.784. The molecule has 1 unspecified atom stereocenters. The molecule has 1 aliphatic heterocycles. The van der Waals surface area contributed by atoms with Crippen LogP contribution < -0.4 is 5.32 Å². The highest BCUT2D eigenvalue weighted by molar-refractivity contribution is 7.91. The molecule has 0 aliphatic carbocycles. The lowest BCUT2D eigenvalue weighted by atomic mass is 10.1. The highest BCUT2D eigenvalue weighted by atomic mass is 32.2. The topological polar surface area (TPSA) is 49.4 Å². The Kier molecular flexibility index (Phi) is 5.89. The van der Waals surface area contributed by atoms with E-state index in [4.69, 9.17) is 0 Å². The zero-order valence-electron chi connectivity index (χ0n) is 11.3. The SMILES string of the molecule is CC(CNC(C)C)CN1CCCS(=O)(=O)CC1. The van der Waals surface area contributed by atoms with Crippen LogP contribution in [0.1, 0.15) is 27.2 Å². The number of hydrogen-bond acceptors (Lipinski definition) is 4. The fraction of sp³-hybridized carbons (Fsp3) is 1.00. The summed E-state index contributed by atoms with van der Waals surface area (Å²) in [5.74, 6) is 1.26. The van der Waals surface area contributed by atoms with Gasteiger partial charge in [-0.2, -0.15) is 0 Å². The van der Waals surface area contributed by atoms with Gasteiger partial charge in [0.25, 0.3) is 0 Å². The van der Waals surface area contributed by atoms with Crippen LogP contribution in [0, 0.1) is 5.92 Å². The minimum Gasteiger partial charge on any atom is -0.314 e. The van der Waals surface area contributed by atoms with Crippen molar-refractivity contribution in [1.82, 2.24) is 10.2 Å². The third-order valence-corrected chi connectivity index (χ3v) is 4.81. The van der Waals surface area contributed by atoms with E-state index in [-0.39, 0.29) is 0 Å². The van der Waals surface area contributed by atoms with E-state index in [2.05, 4.69) is 31.0 Å². The maximum absolute atomic E-state index is 11.5. The molecule has 1 atom stereocenters. The largest absolute Gasteiger partial charge is 0.314 e. The van der Waals surface area contributed by atoms with Crippen LogP contribution in [0.3, 0.4) is 0 Å². The Morgan fingerprint density at radius 2 is 1.88 bits per heavy atom. The zero-order chi connectivity index (χ0) is 12.9. The predicted molar refractivity (Wildman–Crippen MR) is 72.0 cm³/mol. The van der Waals surface area contributed by atoms with Crippen LogP contribution in [-0.2, 0) is 9.84 Å². The standard InChI is InChI=1S/C12H26N2O2S/c1-11(2)13-9-12(3)10-14-5-4-7-17(15,16)8-6-14/h11-13H,4-10H2,1-3H3. The summed E-state index contributed by atoms with van der Waals surface area (Å²) in [5.41, 5.74) is 0. The molecule has 4 nitrogen and oxygen atoms in total. The highest BCUT2D eigenvalue weighted by Crippen LogP contribution is 2.07. The Morgan fingerprint density at radius 3 is 2.53 bits per heavy atom. The summed E-state index contributed by atoms with van der Waals surface area (Å²) < 4.78 is 23.0. The molecule has 0 radical (unpaired) electrons. The van der Waals surface area contributed by atoms with Gasteiger partial charge in [0.1, 0.15) is 0 Å². The molecule has 1 fully saturated rings. The second kappa shape index (κ2) is 6.71. The number of nitrogens with one attached hydrogen (secondary N) is 1. The van der Waals surface area contributed by atoms with Gasteiger partial charge >= 0.3 is 0 Å². The molecule has 1 aliphatic rings. The van der Waals surface area contributed by atoms with E-state index in [0.29, 0.717) is 30.0 Å². The minimum atomic E-state index is -2.77. The Bertz CT molecular complexity index is 314. The average Bonchev–Trinajstić information content (AvgIpc) is 2.37. The van der Waals surface area contributed by atoms with Crippen molar-refractivity contribution in [2.45, 2.75) is 33.2 Å². The number of rotatable bonds is 5. The third-order valence-electron chi connectivity index (χ3n) is 3.09. The molecule has 1 heterocycles. The summed E-state index contributed by atoms with van der Waals surface area (Å²) in [4.78, 5) is 2.29. The Morgan fingerprint density at radius 1 is 1.18 bits per heavy atom. The van der Waals surface area contributed by atoms with E-state index in [0.717, 1.165) is 26.1 Å². The minimum absolute atomic E-state index is 0.331. The van der Waals surface area contributed by atoms with E-state index in [1.54, 1.807) is 0 Å². The van der Waals surface area contributed by atoms with Crippen LogP contribution in [-0.4, -0.2) is 57.0 Å². The van der Waals surface area contributed by atoms with Gasteiger partial charge in [0.2, 0.25) is 0 Å². The quantitative estimate of drug-likeness (QED) is 0.794. The fourth-order valence-corrected chi connectivity index (χ4v) is 3.42. The molecule has 1 rings (SSSR count). The lowest BCUT2D eigenvalue weighted by molar-refractivity contribution is 0.249. The molecule has 0 amide bonds. The molecular weight excluding hydrogens is 236 g/mol. The molecule has 1 N–H and O–H groups in total. The number of sulfone groups is 1. The van der Waals surface area contributed by atoms with Gasteiger partial charge < -0.3 is 10.2 Å². The van der Waals surface area contributed by atoms with E-state index < -0.39 is 9.84 Å². The van der Waals surface area contributed by atoms with Gasteiger partial charge in [0, 0.05) is 19.1 Å². The van der Waals surface area contributed by atoms with Crippen molar-refractivity contribution in [1.29, 1.82) is 0 Å². The molecule has 1 saturated heterocycles. The summed E-state index contributed by atoms with van der Waals surface area (Å²) in [6.45, 7) is 10.1. The van der Waals surface area contributed by atoms with Gasteiger partial charge in [-0.3, -0.25) is 0 Å². The van der Waals surface area contributed by atoms with Crippen LogP contribution in [0.15, 0.2) is 0 Å². The van der Waals surface area contributed by atoms with Crippen molar-refractivity contribution in [3.8, 4) is 0 Å². The van der Waals surface area contributed by atoms with Gasteiger partial charge in [-0.05, 0) is 25.4 Å². The maximum Gasteiger partial charge on any atom is 0.151 e. The van der Waals surface area contributed by atoms with E-state index in [9.17, 15) is 8.42 Å². The van der Waals surface area contributed by atoms with E-state index in [1.807, 2.05) is 0 Å². The van der Waals surface area contributed by atoms with Crippen molar-refractivity contribution >= 4 is 9.84 Å². The summed E-state index contributed by atoms with van der Waals surface area (Å²) in [6, 6.07) is 0.516. The maximum atomic E-state index is 11.5. The van der Waals surface area contributed by atoms with Gasteiger partial charge in [0.15, 0.2) is 9.84 Å². The summed E-state index contributed by atoms with van der Waals surface area (Å²) in [7, 11) is -2.77. The molecule has 17 heavy (non-hydrogen) atoms. The Hall–Kier alpha value is -0.130. The summed E-state index contributed by atoms with van der Waals surface area (Å²) >= 11 is 0. The van der Waals surface area contributed by atoms with Gasteiger partial charge in [-0.25, -0.2) is 8.42 Å². The van der Waals surface area contributed by atoms with Crippen molar-refractivity contribution in [3.63, 3.8) is 0 Å². The molecule has 0 aromatic carbocycles. The second-order valence-electron chi connectivity index (χ2n) is 5.47. The molecule has 0 bridgehead atoms. The van der Waals surface area contributed by atoms with Crippen molar-refractivity contribution in [2.24, 2.45) is 5.92 Å². The average molecular weight is 262 g/mol. The lowest BCUT2D eigenvalue weighted by Gasteiger charge is -2.24. The molecular formula is C12H26N2O2S. The Labute approximate surface area is 106 Å². The number of nitrogens with zero attached hydrogens (tertiary/aromatic N) is 1. The first-order valence-corrected chi connectivity index (χ1v) is 8.37. The zero-order valence-corrected chi connectivity index (χ0v) is 12.1. The Balaban J connectivity index is 2.31. The molecule has 0 aromatic heterocycles. The van der Waals surface area contributed by atoms with Crippen LogP contribution in [0.4, 0.5) is 0 Å². The van der Waals surface area contributed by atoms with Gasteiger partial charge in [-0.15, -0.1) is 0 Å².